The first-order valence-corrected chi connectivity index (χ1v) is 9.84. The van der Waals surface area contributed by atoms with E-state index in [4.69, 9.17) is 4.98 Å². The zero-order valence-corrected chi connectivity index (χ0v) is 15.3. The van der Waals surface area contributed by atoms with Crippen LogP contribution in [0.4, 0.5) is 0 Å². The highest BCUT2D eigenvalue weighted by Gasteiger charge is 2.14. The van der Waals surface area contributed by atoms with E-state index in [1.165, 1.54) is 20.2 Å². The first-order chi connectivity index (χ1) is 12.4. The van der Waals surface area contributed by atoms with Crippen LogP contribution in [0.1, 0.15) is 11.3 Å². The predicted molar refractivity (Wildman–Crippen MR) is 107 cm³/mol. The number of benzene rings is 3. The molecule has 3 heteroatoms. The summed E-state index contributed by atoms with van der Waals surface area (Å²) < 4.78 is 1.27. The van der Waals surface area contributed by atoms with E-state index < -0.39 is 0 Å². The number of rotatable bonds is 5. The molecule has 0 amide bonds. The molecule has 0 unspecified atom stereocenters. The van der Waals surface area contributed by atoms with Crippen LogP contribution in [-0.4, -0.2) is 4.98 Å². The maximum absolute atomic E-state index is 4.97. The molecule has 122 valence electrons. The Kier molecular flexibility index (Phi) is 4.96. The monoisotopic (exact) mass is 359 g/mol. The number of hydrogen-bond acceptors (Lipinski definition) is 3. The van der Waals surface area contributed by atoms with E-state index >= 15 is 0 Å². The van der Waals surface area contributed by atoms with Crippen molar-refractivity contribution in [1.29, 1.82) is 0 Å². The number of nitrogens with zero attached hydrogens (tertiary/aromatic N) is 1. The molecule has 3 aromatic carbocycles. The molecule has 0 aliphatic carbocycles. The molecule has 4 aromatic rings. The molecule has 0 fully saturated rings. The predicted octanol–water partition coefficient (Wildman–Crippen LogP) is 6.55. The van der Waals surface area contributed by atoms with Gasteiger partial charge in [-0.15, -0.1) is 11.3 Å². The van der Waals surface area contributed by atoms with Gasteiger partial charge in [-0.05, 0) is 17.7 Å². The second-order valence-electron chi connectivity index (χ2n) is 5.70. The Morgan fingerprint density at radius 3 is 2.00 bits per heavy atom. The fourth-order valence-corrected chi connectivity index (χ4v) is 4.87. The molecule has 25 heavy (non-hydrogen) atoms. The van der Waals surface area contributed by atoms with Crippen LogP contribution in [0.3, 0.4) is 0 Å². The van der Waals surface area contributed by atoms with Crippen molar-refractivity contribution in [2.45, 2.75) is 15.5 Å². The van der Waals surface area contributed by atoms with Crippen molar-refractivity contribution in [2.24, 2.45) is 0 Å². The Balaban J connectivity index is 1.70. The Labute approximate surface area is 156 Å². The van der Waals surface area contributed by atoms with Crippen LogP contribution < -0.4 is 0 Å². The molecule has 0 radical (unpaired) electrons. The van der Waals surface area contributed by atoms with Crippen LogP contribution in [0.25, 0.3) is 10.6 Å². The Morgan fingerprint density at radius 2 is 1.32 bits per heavy atom. The summed E-state index contributed by atoms with van der Waals surface area (Å²) in [7, 11) is 0. The van der Waals surface area contributed by atoms with Crippen LogP contribution in [0, 0.1) is 0 Å². The van der Waals surface area contributed by atoms with Crippen LogP contribution in [0.2, 0.25) is 0 Å². The molecule has 0 saturated carbocycles. The van der Waals surface area contributed by atoms with Gasteiger partial charge in [0.1, 0.15) is 5.01 Å². The first-order valence-electron chi connectivity index (χ1n) is 8.20. The lowest BCUT2D eigenvalue weighted by atomic mass is 10.1. The van der Waals surface area contributed by atoms with E-state index in [1.807, 2.05) is 6.07 Å². The minimum absolute atomic E-state index is 0.860. The van der Waals surface area contributed by atoms with Crippen molar-refractivity contribution in [3.8, 4) is 10.6 Å². The lowest BCUT2D eigenvalue weighted by Gasteiger charge is -2.02. The summed E-state index contributed by atoms with van der Waals surface area (Å²) in [6, 6.07) is 31.5. The van der Waals surface area contributed by atoms with Gasteiger partial charge in [-0.1, -0.05) is 90.6 Å². The highest BCUT2D eigenvalue weighted by molar-refractivity contribution is 8.01. The third kappa shape index (κ3) is 4.01. The quantitative estimate of drug-likeness (QED) is 0.400. The van der Waals surface area contributed by atoms with Gasteiger partial charge >= 0.3 is 0 Å². The largest absolute Gasteiger partial charge is 0.240 e. The van der Waals surface area contributed by atoms with Gasteiger partial charge in [0.25, 0.3) is 0 Å². The van der Waals surface area contributed by atoms with Crippen LogP contribution in [0.15, 0.2) is 100 Å². The third-order valence-electron chi connectivity index (χ3n) is 3.85. The molecule has 0 saturated heterocycles. The number of thiazole rings is 1. The summed E-state index contributed by atoms with van der Waals surface area (Å²) in [5, 5.41) is 1.09. The maximum atomic E-state index is 4.97. The molecule has 4 rings (SSSR count). The Bertz CT molecular complexity index is 873. The molecule has 0 atom stereocenters. The minimum Gasteiger partial charge on any atom is -0.240 e. The van der Waals surface area contributed by atoms with Crippen molar-refractivity contribution in [3.63, 3.8) is 0 Å². The molecule has 0 aliphatic rings. The van der Waals surface area contributed by atoms with Crippen molar-refractivity contribution in [2.75, 3.05) is 0 Å². The molecule has 1 nitrogen and oxygen atoms in total. The van der Waals surface area contributed by atoms with E-state index in [0.717, 1.165) is 17.1 Å². The zero-order valence-electron chi connectivity index (χ0n) is 13.6. The molecule has 0 bridgehead atoms. The second-order valence-corrected chi connectivity index (χ2v) is 8.04. The second kappa shape index (κ2) is 7.68. The Hall–Kier alpha value is -2.36. The standard InChI is InChI=1S/C22H17NS2/c1-4-10-17(11-5-1)16-20-22(24-19-14-8-3-9-15-19)25-21(23-20)18-12-6-2-7-13-18/h1-15H,16H2. The summed E-state index contributed by atoms with van der Waals surface area (Å²) in [6.07, 6.45) is 0.860. The van der Waals surface area contributed by atoms with Crippen LogP contribution in [-0.2, 0) is 6.42 Å². The average Bonchev–Trinajstić information content (AvgIpc) is 3.06. The van der Waals surface area contributed by atoms with E-state index in [-0.39, 0.29) is 0 Å². The lowest BCUT2D eigenvalue weighted by Crippen LogP contribution is -1.90. The van der Waals surface area contributed by atoms with E-state index in [2.05, 4.69) is 84.9 Å². The average molecular weight is 360 g/mol. The molecular formula is C22H17NS2. The van der Waals surface area contributed by atoms with Crippen molar-refractivity contribution in [1.82, 2.24) is 4.98 Å². The van der Waals surface area contributed by atoms with Gasteiger partial charge < -0.3 is 0 Å². The smallest absolute Gasteiger partial charge is 0.124 e. The van der Waals surface area contributed by atoms with Crippen molar-refractivity contribution in [3.05, 3.63) is 102 Å². The van der Waals surface area contributed by atoms with E-state index in [1.54, 1.807) is 23.1 Å². The molecule has 0 N–H and O–H groups in total. The van der Waals surface area contributed by atoms with Crippen molar-refractivity contribution < 1.29 is 0 Å². The zero-order chi connectivity index (χ0) is 16.9. The summed E-state index contributed by atoms with van der Waals surface area (Å²) >= 11 is 3.58. The number of aromatic nitrogens is 1. The number of hydrogen-bond donors (Lipinski definition) is 0. The van der Waals surface area contributed by atoms with Gasteiger partial charge in [0.15, 0.2) is 0 Å². The van der Waals surface area contributed by atoms with Crippen LogP contribution >= 0.6 is 23.1 Å². The fraction of sp³-hybridized carbons (Fsp3) is 0.0455. The summed E-state index contributed by atoms with van der Waals surface area (Å²) in [5.74, 6) is 0. The minimum atomic E-state index is 0.860. The summed E-state index contributed by atoms with van der Waals surface area (Å²) in [6.45, 7) is 0. The maximum Gasteiger partial charge on any atom is 0.124 e. The van der Waals surface area contributed by atoms with E-state index in [0.29, 0.717) is 0 Å². The lowest BCUT2D eigenvalue weighted by molar-refractivity contribution is 1.07. The third-order valence-corrected chi connectivity index (χ3v) is 6.22. The highest BCUT2D eigenvalue weighted by atomic mass is 32.2. The summed E-state index contributed by atoms with van der Waals surface area (Å²) in [5.41, 5.74) is 3.63. The van der Waals surface area contributed by atoms with Gasteiger partial charge in [0.2, 0.25) is 0 Å². The van der Waals surface area contributed by atoms with Gasteiger partial charge in [-0.25, -0.2) is 4.98 Å². The topological polar surface area (TPSA) is 12.9 Å². The SMILES string of the molecule is c1ccc(Cc2nc(-c3ccccc3)sc2Sc2ccccc2)cc1. The van der Waals surface area contributed by atoms with Crippen LogP contribution in [0.5, 0.6) is 0 Å². The van der Waals surface area contributed by atoms with Gasteiger partial charge in [0, 0.05) is 16.9 Å². The molecular weight excluding hydrogens is 342 g/mol. The first kappa shape index (κ1) is 16.1. The molecule has 1 aromatic heterocycles. The van der Waals surface area contributed by atoms with Gasteiger partial charge in [-0.2, -0.15) is 0 Å². The highest BCUT2D eigenvalue weighted by Crippen LogP contribution is 2.39. The normalized spacial score (nSPS) is 10.7. The Morgan fingerprint density at radius 1 is 0.720 bits per heavy atom. The molecule has 1 heterocycles. The fourth-order valence-electron chi connectivity index (χ4n) is 2.62. The van der Waals surface area contributed by atoms with Gasteiger partial charge in [0.05, 0.1) is 9.90 Å². The van der Waals surface area contributed by atoms with Gasteiger partial charge in [-0.3, -0.25) is 0 Å². The molecule has 0 aliphatic heterocycles. The van der Waals surface area contributed by atoms with E-state index in [9.17, 15) is 0 Å². The summed E-state index contributed by atoms with van der Waals surface area (Å²) in [4.78, 5) is 6.22. The molecule has 0 spiro atoms. The van der Waals surface area contributed by atoms with Crippen molar-refractivity contribution >= 4 is 23.1 Å².